The van der Waals surface area contributed by atoms with E-state index in [4.69, 9.17) is 19.0 Å². The van der Waals surface area contributed by atoms with Gasteiger partial charge in [-0.25, -0.2) is 0 Å². The Morgan fingerprint density at radius 2 is 1.73 bits per heavy atom. The third-order valence-electron chi connectivity index (χ3n) is 14.0. The third-order valence-corrected chi connectivity index (χ3v) is 14.0. The summed E-state index contributed by atoms with van der Waals surface area (Å²) in [6, 6.07) is -0.409. The van der Waals surface area contributed by atoms with E-state index in [1.165, 1.54) is 20.3 Å². The van der Waals surface area contributed by atoms with Gasteiger partial charge in [-0.1, -0.05) is 27.2 Å². The molecule has 1 heterocycles. The number of methoxy groups -OCH3 is 1. The first-order valence-corrected chi connectivity index (χ1v) is 19.5. The van der Waals surface area contributed by atoms with E-state index >= 15 is 0 Å². The van der Waals surface area contributed by atoms with Gasteiger partial charge in [-0.15, -0.1) is 0 Å². The number of carbonyl (C=O) groups excluding carboxylic acids is 4. The molecule has 6 aliphatic rings. The summed E-state index contributed by atoms with van der Waals surface area (Å²) in [5.74, 6) is 0.564. The zero-order valence-corrected chi connectivity index (χ0v) is 32.8. The van der Waals surface area contributed by atoms with Gasteiger partial charge in [0.2, 0.25) is 11.8 Å². The average molecular weight is 719 g/mol. The number of nitrogens with zero attached hydrogens (tertiary/aromatic N) is 2. The Balaban J connectivity index is 1.41. The van der Waals surface area contributed by atoms with Gasteiger partial charge in [0.05, 0.1) is 12.0 Å². The zero-order valence-electron chi connectivity index (χ0n) is 32.8. The summed E-state index contributed by atoms with van der Waals surface area (Å²) in [6.07, 6.45) is 6.33. The number of hydroxylamine groups is 2. The number of ether oxygens (including phenoxy) is 3. The molecule has 0 aromatic heterocycles. The topological polar surface area (TPSA) is 136 Å². The highest BCUT2D eigenvalue weighted by atomic mass is 16.7. The largest absolute Gasteiger partial charge is 0.463 e. The Hall–Kier alpha value is -2.28. The van der Waals surface area contributed by atoms with E-state index in [-0.39, 0.29) is 53.7 Å². The summed E-state index contributed by atoms with van der Waals surface area (Å²) in [5.41, 5.74) is 0.280. The first-order valence-electron chi connectivity index (χ1n) is 19.5. The van der Waals surface area contributed by atoms with Crippen LogP contribution in [0.5, 0.6) is 0 Å². The molecule has 6 rings (SSSR count). The summed E-state index contributed by atoms with van der Waals surface area (Å²) in [4.78, 5) is 60.6. The van der Waals surface area contributed by atoms with Gasteiger partial charge in [0, 0.05) is 58.5 Å². The van der Waals surface area contributed by atoms with Crippen molar-refractivity contribution in [2.24, 2.45) is 52.8 Å². The van der Waals surface area contributed by atoms with Gasteiger partial charge in [-0.3, -0.25) is 24.0 Å². The van der Waals surface area contributed by atoms with Crippen LogP contribution in [0.25, 0.3) is 0 Å². The van der Waals surface area contributed by atoms with E-state index in [0.29, 0.717) is 36.3 Å². The van der Waals surface area contributed by atoms with Crippen LogP contribution in [0.4, 0.5) is 0 Å². The van der Waals surface area contributed by atoms with Gasteiger partial charge in [-0.05, 0) is 101 Å². The van der Waals surface area contributed by atoms with Crippen LogP contribution in [0, 0.1) is 52.8 Å². The van der Waals surface area contributed by atoms with Crippen molar-refractivity contribution in [3.05, 3.63) is 0 Å². The van der Waals surface area contributed by atoms with Crippen molar-refractivity contribution in [2.45, 2.75) is 129 Å². The fourth-order valence-corrected chi connectivity index (χ4v) is 11.1. The predicted octanol–water partition coefficient (Wildman–Crippen LogP) is 3.81. The molecule has 5 aliphatic carbocycles. The second-order valence-electron chi connectivity index (χ2n) is 17.4. The number of hydrogen-bond donors (Lipinski definition) is 2. The van der Waals surface area contributed by atoms with Crippen molar-refractivity contribution in [1.29, 1.82) is 0 Å². The zero-order chi connectivity index (χ0) is 37.4. The quantitative estimate of drug-likeness (QED) is 0.287. The second kappa shape index (κ2) is 16.4. The van der Waals surface area contributed by atoms with Crippen LogP contribution < -0.4 is 10.6 Å². The molecule has 1 aliphatic heterocycles. The minimum atomic E-state index is -0.762. The van der Waals surface area contributed by atoms with Crippen LogP contribution in [-0.4, -0.2) is 112 Å². The van der Waals surface area contributed by atoms with Gasteiger partial charge < -0.3 is 29.7 Å². The first kappa shape index (κ1) is 39.9. The molecule has 0 aromatic rings. The molecule has 12 nitrogen and oxygen atoms in total. The summed E-state index contributed by atoms with van der Waals surface area (Å²) in [7, 11) is 7.69. The lowest BCUT2D eigenvalue weighted by Gasteiger charge is -2.62. The lowest BCUT2D eigenvalue weighted by Crippen LogP contribution is -2.62. The van der Waals surface area contributed by atoms with Gasteiger partial charge in [0.25, 0.3) is 0 Å². The van der Waals surface area contributed by atoms with E-state index in [2.05, 4.69) is 50.4 Å². The Morgan fingerprint density at radius 3 is 2.31 bits per heavy atom. The SMILES string of the molecule is CNC(=O)C1CC(C2CCCC(CN3O[C@@H](COC(C)=O)[C@@H]([C@H](C)OC(C)=O)[C@H]3C(=O)N[C@H]3C[C@H]4C[C@@H]([C@@H]3C)C4(C)C)C2OC)CC(N(C)C)C1. The van der Waals surface area contributed by atoms with Crippen LogP contribution >= 0.6 is 0 Å². The molecule has 2 bridgehead atoms. The molecular formula is C39H66N4O8. The van der Waals surface area contributed by atoms with Crippen LogP contribution in [0.2, 0.25) is 0 Å². The lowest BCUT2D eigenvalue weighted by molar-refractivity contribution is -0.197. The maximum absolute atomic E-state index is 14.6. The normalized spacial score (nSPS) is 39.8. The maximum Gasteiger partial charge on any atom is 0.302 e. The van der Waals surface area contributed by atoms with Crippen LogP contribution in [-0.2, 0) is 38.2 Å². The molecule has 0 aromatic carbocycles. The standard InChI is InChI=1S/C39H66N4O8/c1-21-31-17-28(39(31,5)6)18-32(21)41-38(47)35-34(22(2)50-24(4)45)33(20-49-23(3)44)51-43(35)19-25-12-11-13-30(36(25)48-10)26-14-27(37(46)40-7)16-29(15-26)42(8)9/h21-22,25-36H,11-20H2,1-10H3,(H,40,46)(H,41,47)/t21-,22-,25?,26?,27?,28+,29?,30?,31-,32-,33-,34+,35-,36?/m0/s1. The molecule has 5 saturated carbocycles. The van der Waals surface area contributed by atoms with Gasteiger partial charge >= 0.3 is 11.9 Å². The highest BCUT2D eigenvalue weighted by molar-refractivity contribution is 5.83. The van der Waals surface area contributed by atoms with E-state index in [9.17, 15) is 19.2 Å². The van der Waals surface area contributed by atoms with Crippen LogP contribution in [0.15, 0.2) is 0 Å². The summed E-state index contributed by atoms with van der Waals surface area (Å²) >= 11 is 0. The Kier molecular flexibility index (Phi) is 12.8. The first-order chi connectivity index (χ1) is 24.1. The Bertz CT molecular complexity index is 1260. The molecule has 0 spiro atoms. The highest BCUT2D eigenvalue weighted by Crippen LogP contribution is 2.61. The number of nitrogens with one attached hydrogen (secondary N) is 2. The van der Waals surface area contributed by atoms with Crippen molar-refractivity contribution < 1.29 is 38.2 Å². The van der Waals surface area contributed by atoms with Gasteiger partial charge in [0.1, 0.15) is 24.9 Å². The summed E-state index contributed by atoms with van der Waals surface area (Å²) < 4.78 is 17.6. The molecule has 14 atom stereocenters. The summed E-state index contributed by atoms with van der Waals surface area (Å²) in [5, 5.41) is 8.12. The molecule has 51 heavy (non-hydrogen) atoms. The van der Waals surface area contributed by atoms with Crippen LogP contribution in [0.3, 0.4) is 0 Å². The number of hydrogen-bond acceptors (Lipinski definition) is 10. The molecule has 290 valence electrons. The lowest BCUT2D eigenvalue weighted by atomic mass is 9.45. The Morgan fingerprint density at radius 1 is 1.00 bits per heavy atom. The molecular weight excluding hydrogens is 652 g/mol. The number of amides is 2. The van der Waals surface area contributed by atoms with Gasteiger partial charge in [0.15, 0.2) is 0 Å². The van der Waals surface area contributed by atoms with Crippen molar-refractivity contribution in [3.63, 3.8) is 0 Å². The fourth-order valence-electron chi connectivity index (χ4n) is 11.1. The molecule has 2 amide bonds. The number of carbonyl (C=O) groups is 4. The fraction of sp³-hybridized carbons (Fsp3) is 0.897. The second-order valence-corrected chi connectivity index (χ2v) is 17.4. The molecule has 2 N–H and O–H groups in total. The molecule has 12 heteroatoms. The number of esters is 2. The monoisotopic (exact) mass is 718 g/mol. The van der Waals surface area contributed by atoms with Crippen molar-refractivity contribution in [1.82, 2.24) is 20.6 Å². The molecule has 1 saturated heterocycles. The van der Waals surface area contributed by atoms with Gasteiger partial charge in [-0.2, -0.15) is 5.06 Å². The smallest absolute Gasteiger partial charge is 0.302 e. The molecule has 0 radical (unpaired) electrons. The third kappa shape index (κ3) is 8.44. The molecule has 6 fully saturated rings. The summed E-state index contributed by atoms with van der Waals surface area (Å²) in [6.45, 7) is 11.8. The van der Waals surface area contributed by atoms with Crippen LogP contribution in [0.1, 0.15) is 92.9 Å². The number of rotatable bonds is 12. The van der Waals surface area contributed by atoms with Crippen molar-refractivity contribution >= 4 is 23.8 Å². The van der Waals surface area contributed by atoms with E-state index in [1.54, 1.807) is 26.1 Å². The van der Waals surface area contributed by atoms with E-state index in [1.807, 2.05) is 0 Å². The average Bonchev–Trinajstić information content (AvgIpc) is 3.44. The van der Waals surface area contributed by atoms with E-state index < -0.39 is 36.1 Å². The number of fused-ring (bicyclic) bond motifs is 2. The van der Waals surface area contributed by atoms with E-state index in [0.717, 1.165) is 44.9 Å². The van der Waals surface area contributed by atoms with Crippen molar-refractivity contribution in [3.8, 4) is 0 Å². The minimum Gasteiger partial charge on any atom is -0.463 e. The molecule has 6 unspecified atom stereocenters. The minimum absolute atomic E-state index is 0.0432. The van der Waals surface area contributed by atoms with Crippen molar-refractivity contribution in [2.75, 3.05) is 41.4 Å². The Labute approximate surface area is 305 Å². The maximum atomic E-state index is 14.6. The predicted molar refractivity (Wildman–Crippen MR) is 192 cm³/mol. The highest BCUT2D eigenvalue weighted by Gasteiger charge is 2.58.